The van der Waals surface area contributed by atoms with Crippen molar-refractivity contribution >= 4 is 10.9 Å². The molecule has 0 radical (unpaired) electrons. The minimum atomic E-state index is 0.725. The zero-order chi connectivity index (χ0) is 16.0. The molecule has 1 saturated carbocycles. The summed E-state index contributed by atoms with van der Waals surface area (Å²) >= 11 is 0. The fourth-order valence-electron chi connectivity index (χ4n) is 3.44. The van der Waals surface area contributed by atoms with Gasteiger partial charge in [-0.3, -0.25) is 9.58 Å². The molecule has 4 rings (SSSR count). The number of nitrogens with zero attached hydrogens (tertiary/aromatic N) is 3. The largest absolute Gasteiger partial charge is 0.358 e. The number of aryl methyl sites for hydroxylation is 3. The van der Waals surface area contributed by atoms with Crippen LogP contribution in [0.1, 0.15) is 35.2 Å². The van der Waals surface area contributed by atoms with Crippen LogP contribution >= 0.6 is 0 Å². The van der Waals surface area contributed by atoms with Gasteiger partial charge in [0, 0.05) is 49.0 Å². The summed E-state index contributed by atoms with van der Waals surface area (Å²) in [6.07, 6.45) is 6.75. The highest BCUT2D eigenvalue weighted by atomic mass is 15.2. The van der Waals surface area contributed by atoms with Crippen molar-refractivity contribution in [1.29, 1.82) is 0 Å². The van der Waals surface area contributed by atoms with Crippen molar-refractivity contribution in [2.45, 2.75) is 45.8 Å². The van der Waals surface area contributed by atoms with Crippen molar-refractivity contribution in [1.82, 2.24) is 19.7 Å². The van der Waals surface area contributed by atoms with Crippen LogP contribution in [-0.2, 0) is 20.1 Å². The van der Waals surface area contributed by atoms with Crippen LogP contribution in [0, 0.1) is 13.8 Å². The molecular formula is C19H24N4. The third-order valence-corrected chi connectivity index (χ3v) is 5.01. The van der Waals surface area contributed by atoms with E-state index in [0.717, 1.165) is 19.1 Å². The Balaban J connectivity index is 1.63. The molecule has 23 heavy (non-hydrogen) atoms. The zero-order valence-corrected chi connectivity index (χ0v) is 14.1. The van der Waals surface area contributed by atoms with Gasteiger partial charge in [0.1, 0.15) is 0 Å². The predicted octanol–water partition coefficient (Wildman–Crippen LogP) is 3.68. The first kappa shape index (κ1) is 14.5. The summed E-state index contributed by atoms with van der Waals surface area (Å²) in [7, 11) is 1.98. The maximum atomic E-state index is 4.31. The third-order valence-electron chi connectivity index (χ3n) is 5.01. The Bertz CT molecular complexity index is 838. The first-order valence-corrected chi connectivity index (χ1v) is 8.40. The molecule has 1 aliphatic rings. The maximum Gasteiger partial charge on any atom is 0.0534 e. The van der Waals surface area contributed by atoms with Crippen LogP contribution in [0.25, 0.3) is 10.9 Å². The number of fused-ring (bicyclic) bond motifs is 1. The molecular weight excluding hydrogens is 284 g/mol. The lowest BCUT2D eigenvalue weighted by molar-refractivity contribution is 0.246. The number of para-hydroxylation sites is 1. The standard InChI is InChI=1S/C19H24N4/c1-13-14(2)21-19-16(5-4-6-18(13)19)12-23(17-7-8-17)11-15-9-20-22(3)10-15/h4-6,9-10,17,21H,7-8,11-12H2,1-3H3. The van der Waals surface area contributed by atoms with Gasteiger partial charge in [0.2, 0.25) is 0 Å². The maximum absolute atomic E-state index is 4.31. The molecule has 120 valence electrons. The van der Waals surface area contributed by atoms with Gasteiger partial charge in [0.25, 0.3) is 0 Å². The van der Waals surface area contributed by atoms with Gasteiger partial charge in [-0.2, -0.15) is 5.10 Å². The van der Waals surface area contributed by atoms with Gasteiger partial charge in [-0.15, -0.1) is 0 Å². The molecule has 4 nitrogen and oxygen atoms in total. The zero-order valence-electron chi connectivity index (χ0n) is 14.1. The second-order valence-corrected chi connectivity index (χ2v) is 6.87. The number of aromatic nitrogens is 3. The van der Waals surface area contributed by atoms with Crippen molar-refractivity contribution in [2.24, 2.45) is 7.05 Å². The SMILES string of the molecule is Cc1[nH]c2c(CN(Cc3cnn(C)c3)C3CC3)cccc2c1C. The number of H-pyrrole nitrogens is 1. The molecule has 1 aliphatic carbocycles. The average molecular weight is 308 g/mol. The molecule has 1 N–H and O–H groups in total. The van der Waals surface area contributed by atoms with Gasteiger partial charge in [-0.25, -0.2) is 0 Å². The van der Waals surface area contributed by atoms with Crippen LogP contribution in [0.4, 0.5) is 0 Å². The molecule has 0 unspecified atom stereocenters. The fraction of sp³-hybridized carbons (Fsp3) is 0.421. The summed E-state index contributed by atoms with van der Waals surface area (Å²) in [5.74, 6) is 0. The Hall–Kier alpha value is -2.07. The Morgan fingerprint density at radius 3 is 2.78 bits per heavy atom. The Labute approximate surface area is 137 Å². The Morgan fingerprint density at radius 1 is 1.26 bits per heavy atom. The van der Waals surface area contributed by atoms with E-state index in [1.807, 2.05) is 17.9 Å². The van der Waals surface area contributed by atoms with E-state index < -0.39 is 0 Å². The summed E-state index contributed by atoms with van der Waals surface area (Å²) in [4.78, 5) is 6.18. The molecule has 0 amide bonds. The van der Waals surface area contributed by atoms with Crippen LogP contribution in [0.2, 0.25) is 0 Å². The molecule has 4 heteroatoms. The summed E-state index contributed by atoms with van der Waals surface area (Å²) in [5.41, 5.74) is 6.64. The number of hydrogen-bond donors (Lipinski definition) is 1. The van der Waals surface area contributed by atoms with Gasteiger partial charge in [0.15, 0.2) is 0 Å². The van der Waals surface area contributed by atoms with E-state index in [1.165, 1.54) is 46.1 Å². The molecule has 3 aromatic rings. The van der Waals surface area contributed by atoms with E-state index in [4.69, 9.17) is 0 Å². The second-order valence-electron chi connectivity index (χ2n) is 6.87. The number of nitrogens with one attached hydrogen (secondary N) is 1. The Morgan fingerprint density at radius 2 is 2.09 bits per heavy atom. The lowest BCUT2D eigenvalue weighted by atomic mass is 10.1. The van der Waals surface area contributed by atoms with Crippen molar-refractivity contribution < 1.29 is 0 Å². The summed E-state index contributed by atoms with van der Waals surface area (Å²) < 4.78 is 1.89. The van der Waals surface area contributed by atoms with E-state index in [-0.39, 0.29) is 0 Å². The Kier molecular flexibility index (Phi) is 3.49. The van der Waals surface area contributed by atoms with Crippen LogP contribution in [0.15, 0.2) is 30.6 Å². The lowest BCUT2D eigenvalue weighted by Gasteiger charge is -2.21. The van der Waals surface area contributed by atoms with Gasteiger partial charge in [-0.1, -0.05) is 18.2 Å². The predicted molar refractivity (Wildman–Crippen MR) is 93.2 cm³/mol. The monoisotopic (exact) mass is 308 g/mol. The molecule has 2 heterocycles. The number of benzene rings is 1. The van der Waals surface area contributed by atoms with Gasteiger partial charge in [-0.05, 0) is 37.8 Å². The first-order chi connectivity index (χ1) is 11.1. The summed E-state index contributed by atoms with van der Waals surface area (Å²) in [6, 6.07) is 7.39. The van der Waals surface area contributed by atoms with Crippen LogP contribution < -0.4 is 0 Å². The van der Waals surface area contributed by atoms with Crippen LogP contribution in [-0.4, -0.2) is 25.7 Å². The summed E-state index contributed by atoms with van der Waals surface area (Å²) in [5, 5.41) is 5.66. The van der Waals surface area contributed by atoms with Gasteiger partial charge >= 0.3 is 0 Å². The van der Waals surface area contributed by atoms with Crippen molar-refractivity contribution in [2.75, 3.05) is 0 Å². The highest BCUT2D eigenvalue weighted by Gasteiger charge is 2.29. The van der Waals surface area contributed by atoms with E-state index >= 15 is 0 Å². The molecule has 0 spiro atoms. The second kappa shape index (κ2) is 5.53. The topological polar surface area (TPSA) is 36.9 Å². The average Bonchev–Trinajstić information content (AvgIpc) is 3.24. The molecule has 2 aromatic heterocycles. The third kappa shape index (κ3) is 2.79. The highest BCUT2D eigenvalue weighted by Crippen LogP contribution is 2.32. The molecule has 0 aliphatic heterocycles. The molecule has 0 saturated heterocycles. The fourth-order valence-corrected chi connectivity index (χ4v) is 3.44. The van der Waals surface area contributed by atoms with Crippen molar-refractivity contribution in [3.8, 4) is 0 Å². The van der Waals surface area contributed by atoms with Crippen LogP contribution in [0.5, 0.6) is 0 Å². The normalized spacial score (nSPS) is 15.0. The van der Waals surface area contributed by atoms with Gasteiger partial charge in [0.05, 0.1) is 11.7 Å². The van der Waals surface area contributed by atoms with Crippen molar-refractivity contribution in [3.05, 3.63) is 53.0 Å². The molecule has 1 aromatic carbocycles. The molecule has 0 atom stereocenters. The van der Waals surface area contributed by atoms with E-state index in [9.17, 15) is 0 Å². The number of rotatable bonds is 5. The number of hydrogen-bond acceptors (Lipinski definition) is 2. The van der Waals surface area contributed by atoms with E-state index in [2.05, 4.69) is 53.2 Å². The number of aromatic amines is 1. The van der Waals surface area contributed by atoms with Crippen molar-refractivity contribution in [3.63, 3.8) is 0 Å². The van der Waals surface area contributed by atoms with E-state index in [0.29, 0.717) is 0 Å². The highest BCUT2D eigenvalue weighted by molar-refractivity contribution is 5.87. The minimum Gasteiger partial charge on any atom is -0.358 e. The van der Waals surface area contributed by atoms with Crippen LogP contribution in [0.3, 0.4) is 0 Å². The smallest absolute Gasteiger partial charge is 0.0534 e. The lowest BCUT2D eigenvalue weighted by Crippen LogP contribution is -2.25. The van der Waals surface area contributed by atoms with E-state index in [1.54, 1.807) is 0 Å². The van der Waals surface area contributed by atoms with Gasteiger partial charge < -0.3 is 4.98 Å². The first-order valence-electron chi connectivity index (χ1n) is 8.40. The molecule has 1 fully saturated rings. The molecule has 0 bridgehead atoms. The quantitative estimate of drug-likeness (QED) is 0.780. The minimum absolute atomic E-state index is 0.725. The summed E-state index contributed by atoms with van der Waals surface area (Å²) in [6.45, 7) is 6.34.